The maximum absolute atomic E-state index is 14.1. The van der Waals surface area contributed by atoms with E-state index in [1.165, 1.54) is 18.4 Å². The minimum absolute atomic E-state index is 0.0147. The molecule has 0 bridgehead atoms. The molecule has 0 aliphatic carbocycles. The summed E-state index contributed by atoms with van der Waals surface area (Å²) in [5.41, 5.74) is 8.80. The highest BCUT2D eigenvalue weighted by molar-refractivity contribution is 6.14. The lowest BCUT2D eigenvalue weighted by Gasteiger charge is -2.24. The van der Waals surface area contributed by atoms with Crippen LogP contribution in [0.1, 0.15) is 91.6 Å². The van der Waals surface area contributed by atoms with Gasteiger partial charge in [-0.3, -0.25) is 38.9 Å². The van der Waals surface area contributed by atoms with Gasteiger partial charge in [-0.25, -0.2) is 0 Å². The Balaban J connectivity index is 0.918. The zero-order chi connectivity index (χ0) is 51.3. The maximum Gasteiger partial charge on any atom is 0.261 e. The quantitative estimate of drug-likeness (QED) is 0.0677. The van der Waals surface area contributed by atoms with Crippen LogP contribution in [-0.2, 0) is 51.8 Å². The first-order valence-electron chi connectivity index (χ1n) is 24.9. The van der Waals surface area contributed by atoms with Crippen molar-refractivity contribution in [1.29, 1.82) is 0 Å². The second-order valence-electron chi connectivity index (χ2n) is 19.3. The number of para-hydroxylation sites is 2. The third-order valence-corrected chi connectivity index (χ3v) is 13.7. The van der Waals surface area contributed by atoms with Gasteiger partial charge in [0.15, 0.2) is 23.0 Å². The summed E-state index contributed by atoms with van der Waals surface area (Å²) in [5.74, 6) is 0.304. The minimum atomic E-state index is -0.987. The van der Waals surface area contributed by atoms with Crippen LogP contribution < -0.4 is 44.7 Å². The number of ketones is 1. The topological polar surface area (TPSA) is 190 Å². The molecule has 73 heavy (non-hydrogen) atoms. The van der Waals surface area contributed by atoms with Gasteiger partial charge in [-0.2, -0.15) is 0 Å². The summed E-state index contributed by atoms with van der Waals surface area (Å²) in [6.45, 7) is 7.54. The molecule has 9 rings (SSSR count). The summed E-state index contributed by atoms with van der Waals surface area (Å²) >= 11 is 0. The van der Waals surface area contributed by atoms with Crippen LogP contribution in [0.25, 0.3) is 0 Å². The number of carbonyl (C=O) groups excluding carboxylic acids is 5. The number of fused-ring (bicyclic) bond motifs is 8. The largest absolute Gasteiger partial charge is 0.493 e. The normalized spacial score (nSPS) is 16.6. The molecule has 0 saturated heterocycles. The van der Waals surface area contributed by atoms with Gasteiger partial charge in [0.25, 0.3) is 5.91 Å². The first-order valence-corrected chi connectivity index (χ1v) is 24.9. The fourth-order valence-corrected chi connectivity index (χ4v) is 9.69. The van der Waals surface area contributed by atoms with E-state index in [9.17, 15) is 24.0 Å². The number of amides is 4. The van der Waals surface area contributed by atoms with Gasteiger partial charge in [0.05, 0.1) is 43.2 Å². The van der Waals surface area contributed by atoms with Crippen molar-refractivity contribution in [3.05, 3.63) is 124 Å². The van der Waals surface area contributed by atoms with Gasteiger partial charge in [0.1, 0.15) is 31.1 Å². The van der Waals surface area contributed by atoms with Crippen LogP contribution in [-0.4, -0.2) is 80.2 Å². The second kappa shape index (κ2) is 21.8. The molecule has 16 heteroatoms. The van der Waals surface area contributed by atoms with E-state index in [-0.39, 0.29) is 55.2 Å². The fourth-order valence-electron chi connectivity index (χ4n) is 9.69. The lowest BCUT2D eigenvalue weighted by molar-refractivity contribution is -0.130. The van der Waals surface area contributed by atoms with Crippen molar-refractivity contribution in [1.82, 2.24) is 10.6 Å². The summed E-state index contributed by atoms with van der Waals surface area (Å²) in [6.07, 6.45) is 7.02. The average molecular weight is 988 g/mol. The summed E-state index contributed by atoms with van der Waals surface area (Å²) in [5, 5.41) is 8.33. The van der Waals surface area contributed by atoms with Crippen molar-refractivity contribution in [2.24, 2.45) is 15.9 Å². The molecule has 0 spiro atoms. The summed E-state index contributed by atoms with van der Waals surface area (Å²) < 4.78 is 24.6. The Morgan fingerprint density at radius 2 is 1.23 bits per heavy atom. The maximum atomic E-state index is 14.1. The second-order valence-corrected chi connectivity index (χ2v) is 19.3. The number of hydrogen-bond donors (Lipinski definition) is 3. The number of unbranched alkanes of at least 4 members (excludes halogenated alkanes) is 1. The summed E-state index contributed by atoms with van der Waals surface area (Å²) in [6, 6.07) is 26.9. The standard InChI is InChI=1S/C57H61N7O9/c1-33(2)49(65)17-11-12-18-54(66)60-34(3)55(67)61-35(4)56(68)62-41-20-36(31-72-52-26-45-40(24-50(52)70-5)30-63-42(28-58-45)22-38-13-7-9-15-47(38)63)19-37(21-41)32-73-53-27-46-44(25-51(53)71-6)57(69)64-43(29-59-46)23-39-14-8-10-16-48(39)64/h7-10,13-16,19-21,24-29,33-35,42-43H,11-12,17-18,22-23,30-32H2,1-6H3,(H,60,66)(H,61,67)(H,62,68). The van der Waals surface area contributed by atoms with Gasteiger partial charge in [0, 0.05) is 78.9 Å². The zero-order valence-corrected chi connectivity index (χ0v) is 42.0. The van der Waals surface area contributed by atoms with Crippen LogP contribution >= 0.6 is 0 Å². The number of nitrogens with one attached hydrogen (secondary N) is 3. The molecule has 5 aromatic rings. The summed E-state index contributed by atoms with van der Waals surface area (Å²) in [7, 11) is 3.11. The highest BCUT2D eigenvalue weighted by atomic mass is 16.5. The van der Waals surface area contributed by atoms with Crippen molar-refractivity contribution >= 4 is 70.3 Å². The van der Waals surface area contributed by atoms with Crippen LogP contribution in [0.4, 0.5) is 28.4 Å². The minimum Gasteiger partial charge on any atom is -0.493 e. The van der Waals surface area contributed by atoms with Gasteiger partial charge in [-0.15, -0.1) is 0 Å². The van der Waals surface area contributed by atoms with E-state index in [1.54, 1.807) is 56.3 Å². The van der Waals surface area contributed by atoms with Crippen LogP contribution in [0.15, 0.2) is 101 Å². The smallest absolute Gasteiger partial charge is 0.261 e. The third kappa shape index (κ3) is 11.1. The SMILES string of the molecule is COc1cc2c(cc1OCc1cc(COc3cc4c(cc3OC)C(=O)N3c5ccccc5CC3C=N4)cc(NC(=O)C(C)NC(=O)C(C)NC(=O)CCCCC(=O)C(C)C)c1)N=CC1Cc3ccccc3N1C2. The molecule has 5 aromatic carbocycles. The van der Waals surface area contributed by atoms with Crippen molar-refractivity contribution in [3.63, 3.8) is 0 Å². The Hall–Kier alpha value is -8.01. The van der Waals surface area contributed by atoms with Crippen molar-refractivity contribution in [2.45, 2.75) is 110 Å². The number of carbonyl (C=O) groups is 5. The molecular weight excluding hydrogens is 927 g/mol. The van der Waals surface area contributed by atoms with Gasteiger partial charge in [-0.1, -0.05) is 50.2 Å². The summed E-state index contributed by atoms with van der Waals surface area (Å²) in [4.78, 5) is 79.4. The van der Waals surface area contributed by atoms with E-state index in [0.717, 1.165) is 28.9 Å². The monoisotopic (exact) mass is 987 g/mol. The molecule has 4 atom stereocenters. The number of ether oxygens (including phenoxy) is 4. The van der Waals surface area contributed by atoms with E-state index in [4.69, 9.17) is 28.9 Å². The zero-order valence-electron chi connectivity index (χ0n) is 42.0. The average Bonchev–Trinajstić information content (AvgIpc) is 3.83. The Labute approximate surface area is 425 Å². The number of hydrogen-bond acceptors (Lipinski definition) is 12. The number of Topliss-reactive ketones (excluding diaryl/α,β-unsaturated/α-hetero) is 1. The van der Waals surface area contributed by atoms with Gasteiger partial charge in [-0.05, 0) is 97.8 Å². The molecule has 4 aliphatic rings. The number of benzene rings is 5. The molecule has 0 saturated carbocycles. The molecule has 378 valence electrons. The van der Waals surface area contributed by atoms with Gasteiger partial charge >= 0.3 is 0 Å². The molecule has 4 aliphatic heterocycles. The lowest BCUT2D eigenvalue weighted by atomic mass is 10.0. The van der Waals surface area contributed by atoms with E-state index < -0.39 is 23.9 Å². The molecule has 3 N–H and O–H groups in total. The molecular formula is C57H61N7O9. The Kier molecular flexibility index (Phi) is 14.9. The van der Waals surface area contributed by atoms with Gasteiger partial charge < -0.3 is 39.8 Å². The van der Waals surface area contributed by atoms with E-state index in [2.05, 4.69) is 45.1 Å². The van der Waals surface area contributed by atoms with Crippen molar-refractivity contribution in [3.8, 4) is 23.0 Å². The predicted octanol–water partition coefficient (Wildman–Crippen LogP) is 8.53. The highest BCUT2D eigenvalue weighted by Gasteiger charge is 2.37. The van der Waals surface area contributed by atoms with E-state index in [0.29, 0.717) is 83.3 Å². The van der Waals surface area contributed by atoms with Gasteiger partial charge in [0.2, 0.25) is 17.7 Å². The molecule has 0 radical (unpaired) electrons. The first-order chi connectivity index (χ1) is 35.3. The number of nitrogens with zero attached hydrogens (tertiary/aromatic N) is 4. The number of anilines is 3. The molecule has 16 nitrogen and oxygen atoms in total. The van der Waals surface area contributed by atoms with Crippen molar-refractivity contribution in [2.75, 3.05) is 29.3 Å². The Bertz CT molecular complexity index is 3020. The van der Waals surface area contributed by atoms with E-state index in [1.807, 2.05) is 62.5 Å². The molecule has 4 heterocycles. The Morgan fingerprint density at radius 3 is 1.93 bits per heavy atom. The van der Waals surface area contributed by atoms with E-state index >= 15 is 0 Å². The predicted molar refractivity (Wildman–Crippen MR) is 280 cm³/mol. The number of methoxy groups -OCH3 is 2. The Morgan fingerprint density at radius 1 is 0.644 bits per heavy atom. The number of rotatable bonds is 19. The first kappa shape index (κ1) is 50.0. The lowest BCUT2D eigenvalue weighted by Crippen LogP contribution is -2.50. The highest BCUT2D eigenvalue weighted by Crippen LogP contribution is 2.43. The van der Waals surface area contributed by atoms with Crippen LogP contribution in [0, 0.1) is 5.92 Å². The molecule has 0 fully saturated rings. The van der Waals surface area contributed by atoms with Crippen LogP contribution in [0.2, 0.25) is 0 Å². The van der Waals surface area contributed by atoms with Crippen molar-refractivity contribution < 1.29 is 42.9 Å². The molecule has 0 aromatic heterocycles. The third-order valence-electron chi connectivity index (χ3n) is 13.7. The number of aliphatic imine (C=N–C) groups is 2. The van der Waals surface area contributed by atoms with Crippen LogP contribution in [0.3, 0.4) is 0 Å². The molecule has 4 unspecified atom stereocenters. The van der Waals surface area contributed by atoms with Crippen LogP contribution in [0.5, 0.6) is 23.0 Å². The fraction of sp³-hybridized carbons (Fsp3) is 0.351. The molecule has 4 amide bonds.